The Balaban J connectivity index is 2.17. The van der Waals surface area contributed by atoms with Gasteiger partial charge >= 0.3 is 5.97 Å². The second-order valence-electron chi connectivity index (χ2n) is 3.87. The summed E-state index contributed by atoms with van der Waals surface area (Å²) in [6.45, 7) is 0. The molecule has 1 aromatic heterocycles. The third kappa shape index (κ3) is 1.85. The molecule has 2 unspecified atom stereocenters. The van der Waals surface area contributed by atoms with E-state index in [1.54, 1.807) is 6.20 Å². The molecule has 1 saturated heterocycles. The van der Waals surface area contributed by atoms with Crippen LogP contribution >= 0.6 is 0 Å². The van der Waals surface area contributed by atoms with Crippen molar-refractivity contribution in [2.45, 2.75) is 24.9 Å². The third-order valence-corrected chi connectivity index (χ3v) is 3.01. The molecule has 0 aromatic carbocycles. The van der Waals surface area contributed by atoms with Gasteiger partial charge in [-0.3, -0.25) is 14.7 Å². The minimum absolute atomic E-state index is 0.146. The average molecular weight is 206 g/mol. The lowest BCUT2D eigenvalue weighted by atomic mass is 10.1. The molecule has 0 radical (unpaired) electrons. The molecule has 1 aliphatic heterocycles. The SMILES string of the molecule is CN1C(C(=O)O)CCC1c1ccccn1. The number of carbonyl (C=O) groups is 1. The molecule has 1 aliphatic rings. The molecule has 0 saturated carbocycles. The average Bonchev–Trinajstić information content (AvgIpc) is 2.61. The summed E-state index contributed by atoms with van der Waals surface area (Å²) in [6.07, 6.45) is 3.31. The van der Waals surface area contributed by atoms with Gasteiger partial charge in [0.15, 0.2) is 0 Å². The Kier molecular flexibility index (Phi) is 2.68. The number of hydrogen-bond acceptors (Lipinski definition) is 3. The first-order valence-electron chi connectivity index (χ1n) is 5.06. The van der Waals surface area contributed by atoms with E-state index >= 15 is 0 Å². The summed E-state index contributed by atoms with van der Waals surface area (Å²) in [5, 5.41) is 8.99. The molecule has 2 heterocycles. The zero-order valence-electron chi connectivity index (χ0n) is 8.63. The maximum Gasteiger partial charge on any atom is 0.320 e. The van der Waals surface area contributed by atoms with E-state index in [0.717, 1.165) is 12.1 Å². The summed E-state index contributed by atoms with van der Waals surface area (Å²) < 4.78 is 0. The van der Waals surface area contributed by atoms with Crippen molar-refractivity contribution in [1.82, 2.24) is 9.88 Å². The summed E-state index contributed by atoms with van der Waals surface area (Å²) in [7, 11) is 1.85. The number of likely N-dealkylation sites (tertiary alicyclic amines) is 1. The van der Waals surface area contributed by atoms with Gasteiger partial charge in [-0.05, 0) is 32.0 Å². The van der Waals surface area contributed by atoms with Crippen molar-refractivity contribution < 1.29 is 9.90 Å². The normalized spacial score (nSPS) is 26.7. The highest BCUT2D eigenvalue weighted by atomic mass is 16.4. The van der Waals surface area contributed by atoms with Crippen molar-refractivity contribution in [2.24, 2.45) is 0 Å². The van der Waals surface area contributed by atoms with Gasteiger partial charge in [-0.15, -0.1) is 0 Å². The van der Waals surface area contributed by atoms with Gasteiger partial charge in [0.1, 0.15) is 6.04 Å². The minimum Gasteiger partial charge on any atom is -0.480 e. The molecular weight excluding hydrogens is 192 g/mol. The number of aromatic nitrogens is 1. The van der Waals surface area contributed by atoms with Crippen molar-refractivity contribution in [3.8, 4) is 0 Å². The molecular formula is C11H14N2O2. The van der Waals surface area contributed by atoms with Gasteiger partial charge in [0.2, 0.25) is 0 Å². The molecule has 80 valence electrons. The monoisotopic (exact) mass is 206 g/mol. The molecule has 4 nitrogen and oxygen atoms in total. The molecule has 0 amide bonds. The Morgan fingerprint density at radius 2 is 2.33 bits per heavy atom. The van der Waals surface area contributed by atoms with E-state index in [1.165, 1.54) is 0 Å². The van der Waals surface area contributed by atoms with Crippen LogP contribution in [0.1, 0.15) is 24.6 Å². The summed E-state index contributed by atoms with van der Waals surface area (Å²) >= 11 is 0. The van der Waals surface area contributed by atoms with Gasteiger partial charge in [-0.1, -0.05) is 6.07 Å². The van der Waals surface area contributed by atoms with E-state index in [1.807, 2.05) is 30.1 Å². The molecule has 4 heteroatoms. The van der Waals surface area contributed by atoms with Crippen LogP contribution in [0.2, 0.25) is 0 Å². The Labute approximate surface area is 88.6 Å². The van der Waals surface area contributed by atoms with Crippen LogP contribution < -0.4 is 0 Å². The van der Waals surface area contributed by atoms with Gasteiger partial charge in [-0.2, -0.15) is 0 Å². The van der Waals surface area contributed by atoms with Crippen LogP contribution in [-0.4, -0.2) is 34.0 Å². The lowest BCUT2D eigenvalue weighted by molar-refractivity contribution is -0.142. The van der Waals surface area contributed by atoms with Crippen LogP contribution in [0.3, 0.4) is 0 Å². The lowest BCUT2D eigenvalue weighted by Crippen LogP contribution is -2.34. The lowest BCUT2D eigenvalue weighted by Gasteiger charge is -2.22. The van der Waals surface area contributed by atoms with Crippen molar-refractivity contribution in [3.05, 3.63) is 30.1 Å². The summed E-state index contributed by atoms with van der Waals surface area (Å²) in [5.74, 6) is -0.740. The van der Waals surface area contributed by atoms with Crippen molar-refractivity contribution in [3.63, 3.8) is 0 Å². The van der Waals surface area contributed by atoms with Crippen molar-refractivity contribution in [1.29, 1.82) is 0 Å². The third-order valence-electron chi connectivity index (χ3n) is 3.01. The number of hydrogen-bond donors (Lipinski definition) is 1. The maximum atomic E-state index is 10.9. The highest BCUT2D eigenvalue weighted by Crippen LogP contribution is 2.33. The van der Waals surface area contributed by atoms with E-state index in [4.69, 9.17) is 5.11 Å². The molecule has 0 bridgehead atoms. The first-order chi connectivity index (χ1) is 7.20. The first-order valence-corrected chi connectivity index (χ1v) is 5.06. The molecule has 1 aromatic rings. The van der Waals surface area contributed by atoms with Crippen LogP contribution in [0.5, 0.6) is 0 Å². The minimum atomic E-state index is -0.740. The molecule has 15 heavy (non-hydrogen) atoms. The van der Waals surface area contributed by atoms with Crippen molar-refractivity contribution >= 4 is 5.97 Å². The Morgan fingerprint density at radius 3 is 2.87 bits per heavy atom. The zero-order valence-corrected chi connectivity index (χ0v) is 8.63. The van der Waals surface area contributed by atoms with E-state index in [2.05, 4.69) is 4.98 Å². The van der Waals surface area contributed by atoms with E-state index in [-0.39, 0.29) is 12.1 Å². The predicted octanol–water partition coefficient (Wildman–Crippen LogP) is 1.30. The number of carboxylic acid groups (broad SMARTS) is 1. The van der Waals surface area contributed by atoms with E-state index in [9.17, 15) is 4.79 Å². The summed E-state index contributed by atoms with van der Waals surface area (Å²) in [4.78, 5) is 17.1. The Morgan fingerprint density at radius 1 is 1.53 bits per heavy atom. The topological polar surface area (TPSA) is 53.4 Å². The second kappa shape index (κ2) is 3.98. The number of likely N-dealkylation sites (N-methyl/N-ethyl adjacent to an activating group) is 1. The highest BCUT2D eigenvalue weighted by molar-refractivity contribution is 5.73. The predicted molar refractivity (Wildman–Crippen MR) is 55.4 cm³/mol. The molecule has 0 spiro atoms. The van der Waals surface area contributed by atoms with Crippen LogP contribution in [0.25, 0.3) is 0 Å². The van der Waals surface area contributed by atoms with Crippen LogP contribution in [-0.2, 0) is 4.79 Å². The van der Waals surface area contributed by atoms with Crippen LogP contribution in [0, 0.1) is 0 Å². The molecule has 0 aliphatic carbocycles. The van der Waals surface area contributed by atoms with Gasteiger partial charge < -0.3 is 5.11 Å². The van der Waals surface area contributed by atoms with Crippen molar-refractivity contribution in [2.75, 3.05) is 7.05 Å². The maximum absolute atomic E-state index is 10.9. The van der Waals surface area contributed by atoms with Crippen LogP contribution in [0.15, 0.2) is 24.4 Å². The standard InChI is InChI=1S/C11H14N2O2/c1-13-9(5-6-10(13)11(14)15)8-4-2-3-7-12-8/h2-4,7,9-10H,5-6H2,1H3,(H,14,15). The Hall–Kier alpha value is -1.42. The number of carboxylic acids is 1. The second-order valence-corrected chi connectivity index (χ2v) is 3.87. The molecule has 2 atom stereocenters. The van der Waals surface area contributed by atoms with Gasteiger partial charge in [0, 0.05) is 6.20 Å². The summed E-state index contributed by atoms with van der Waals surface area (Å²) in [6, 6.07) is 5.53. The number of pyridine rings is 1. The Bertz CT molecular complexity index is 353. The quantitative estimate of drug-likeness (QED) is 0.792. The van der Waals surface area contributed by atoms with E-state index < -0.39 is 5.97 Å². The molecule has 2 rings (SSSR count). The fourth-order valence-electron chi connectivity index (χ4n) is 2.17. The largest absolute Gasteiger partial charge is 0.480 e. The number of rotatable bonds is 2. The highest BCUT2D eigenvalue weighted by Gasteiger charge is 2.36. The zero-order chi connectivity index (χ0) is 10.8. The fourth-order valence-corrected chi connectivity index (χ4v) is 2.17. The van der Waals surface area contributed by atoms with Gasteiger partial charge in [-0.25, -0.2) is 0 Å². The molecule has 1 fully saturated rings. The first kappa shape index (κ1) is 10.1. The smallest absolute Gasteiger partial charge is 0.320 e. The van der Waals surface area contributed by atoms with E-state index in [0.29, 0.717) is 6.42 Å². The summed E-state index contributed by atoms with van der Waals surface area (Å²) in [5.41, 5.74) is 0.962. The number of nitrogens with zero attached hydrogens (tertiary/aromatic N) is 2. The fraction of sp³-hybridized carbons (Fsp3) is 0.455. The van der Waals surface area contributed by atoms with Gasteiger partial charge in [0.25, 0.3) is 0 Å². The van der Waals surface area contributed by atoms with Gasteiger partial charge in [0.05, 0.1) is 11.7 Å². The molecule has 1 N–H and O–H groups in total. The van der Waals surface area contributed by atoms with Crippen LogP contribution in [0.4, 0.5) is 0 Å². The number of aliphatic carboxylic acids is 1.